The highest BCUT2D eigenvalue weighted by Crippen LogP contribution is 2.29. The van der Waals surface area contributed by atoms with Gasteiger partial charge in [0.2, 0.25) is 0 Å². The van der Waals surface area contributed by atoms with Gasteiger partial charge in [-0.15, -0.1) is 0 Å². The van der Waals surface area contributed by atoms with Crippen LogP contribution >= 0.6 is 0 Å². The molecule has 1 fully saturated rings. The molecule has 1 saturated carbocycles. The molecule has 0 bridgehead atoms. The van der Waals surface area contributed by atoms with Gasteiger partial charge in [-0.1, -0.05) is 19.3 Å². The largest absolute Gasteiger partial charge is 0.477 e. The van der Waals surface area contributed by atoms with Crippen molar-refractivity contribution in [1.82, 2.24) is 0 Å². The molecular weight excluding hydrogens is 202 g/mol. The molecule has 1 N–H and O–H groups in total. The summed E-state index contributed by atoms with van der Waals surface area (Å²) in [6.07, 6.45) is 6.54. The maximum Gasteiger partial charge on any atom is 0.365 e. The Hall–Kier alpha value is -0.570. The fourth-order valence-electron chi connectivity index (χ4n) is 2.50. The molecule has 0 radical (unpaired) electrons. The summed E-state index contributed by atoms with van der Waals surface area (Å²) in [5.41, 5.74) is -0.697. The molecule has 3 heteroatoms. The Morgan fingerprint density at radius 1 is 1.25 bits per heavy atom. The number of hydrogen-bond acceptors (Lipinski definition) is 1. The third kappa shape index (κ3) is 2.76. The van der Waals surface area contributed by atoms with E-state index < -0.39 is 11.5 Å². The lowest BCUT2D eigenvalue weighted by Gasteiger charge is -2.44. The minimum atomic E-state index is -0.701. The van der Waals surface area contributed by atoms with Crippen molar-refractivity contribution < 1.29 is 14.4 Å². The number of hydrogen-bond donors (Lipinski definition) is 1. The average Bonchev–Trinajstić information content (AvgIpc) is 2.18. The van der Waals surface area contributed by atoms with Crippen LogP contribution < -0.4 is 0 Å². The van der Waals surface area contributed by atoms with Gasteiger partial charge < -0.3 is 9.59 Å². The fraction of sp³-hybridized carbons (Fsp3) is 0.923. The molecule has 0 amide bonds. The minimum Gasteiger partial charge on any atom is -0.477 e. The molecule has 0 heterocycles. The Morgan fingerprint density at radius 2 is 1.75 bits per heavy atom. The van der Waals surface area contributed by atoms with E-state index in [0.717, 1.165) is 6.54 Å². The smallest absolute Gasteiger partial charge is 0.365 e. The van der Waals surface area contributed by atoms with Gasteiger partial charge >= 0.3 is 5.97 Å². The van der Waals surface area contributed by atoms with E-state index in [4.69, 9.17) is 0 Å². The number of carboxylic acids is 1. The fourth-order valence-corrected chi connectivity index (χ4v) is 2.50. The van der Waals surface area contributed by atoms with E-state index >= 15 is 0 Å². The van der Waals surface area contributed by atoms with Crippen LogP contribution in [0.15, 0.2) is 0 Å². The van der Waals surface area contributed by atoms with Crippen molar-refractivity contribution in [3.05, 3.63) is 0 Å². The molecule has 1 aliphatic carbocycles. The Morgan fingerprint density at radius 3 is 2.19 bits per heavy atom. The van der Waals surface area contributed by atoms with E-state index in [-0.39, 0.29) is 0 Å². The van der Waals surface area contributed by atoms with Crippen LogP contribution in [-0.4, -0.2) is 41.7 Å². The zero-order chi connectivity index (χ0) is 12.4. The van der Waals surface area contributed by atoms with E-state index in [1.54, 1.807) is 0 Å². The molecule has 0 atom stereocenters. The van der Waals surface area contributed by atoms with Gasteiger partial charge in [0.25, 0.3) is 0 Å². The maximum atomic E-state index is 11.3. The zero-order valence-electron chi connectivity index (χ0n) is 11.1. The predicted molar refractivity (Wildman–Crippen MR) is 65.3 cm³/mol. The van der Waals surface area contributed by atoms with Crippen molar-refractivity contribution in [2.45, 2.75) is 51.5 Å². The first-order chi connectivity index (χ1) is 7.27. The summed E-state index contributed by atoms with van der Waals surface area (Å²) < 4.78 is 0.576. The van der Waals surface area contributed by atoms with Gasteiger partial charge in [0.05, 0.1) is 20.6 Å². The number of carbonyl (C=O) groups is 1. The molecule has 0 aliphatic heterocycles. The lowest BCUT2D eigenvalue weighted by Crippen LogP contribution is -2.62. The Balaban J connectivity index is 2.65. The standard InChI is InChI=1S/C13H25NO2/c1-13(2,12(15)16)14(3,4)10-11-8-6-5-7-9-11/h11H,5-10H2,1-4H3/p+1. The molecule has 1 aliphatic rings. The van der Waals surface area contributed by atoms with Crippen LogP contribution in [0.4, 0.5) is 0 Å². The maximum absolute atomic E-state index is 11.3. The first-order valence-electron chi connectivity index (χ1n) is 6.34. The summed E-state index contributed by atoms with van der Waals surface area (Å²) >= 11 is 0. The van der Waals surface area contributed by atoms with Crippen LogP contribution in [-0.2, 0) is 4.79 Å². The SMILES string of the molecule is CC(C)(C(=O)O)[N+](C)(C)CC1CCCCC1. The Labute approximate surface area is 99.0 Å². The second-order valence-corrected chi connectivity index (χ2v) is 6.24. The zero-order valence-corrected chi connectivity index (χ0v) is 11.1. The van der Waals surface area contributed by atoms with Crippen molar-refractivity contribution in [3.8, 4) is 0 Å². The van der Waals surface area contributed by atoms with Crippen LogP contribution in [0.2, 0.25) is 0 Å². The summed E-state index contributed by atoms with van der Waals surface area (Å²) in [5, 5.41) is 9.29. The van der Waals surface area contributed by atoms with Crippen LogP contribution in [0.3, 0.4) is 0 Å². The molecule has 0 spiro atoms. The van der Waals surface area contributed by atoms with E-state index in [1.165, 1.54) is 32.1 Å². The van der Waals surface area contributed by atoms with E-state index in [9.17, 15) is 9.90 Å². The Kier molecular flexibility index (Phi) is 4.00. The van der Waals surface area contributed by atoms with Crippen LogP contribution in [0.1, 0.15) is 46.0 Å². The second-order valence-electron chi connectivity index (χ2n) is 6.24. The van der Waals surface area contributed by atoms with Crippen LogP contribution in [0, 0.1) is 5.92 Å². The lowest BCUT2D eigenvalue weighted by atomic mass is 9.87. The molecular formula is C13H26NO2+. The summed E-state index contributed by atoms with van der Waals surface area (Å²) in [7, 11) is 4.09. The number of likely N-dealkylation sites (N-methyl/N-ethyl adjacent to an activating group) is 1. The average molecular weight is 228 g/mol. The third-order valence-corrected chi connectivity index (χ3v) is 4.48. The molecule has 0 aromatic carbocycles. The highest BCUT2D eigenvalue weighted by Gasteiger charge is 2.44. The number of nitrogens with zero attached hydrogens (tertiary/aromatic N) is 1. The number of rotatable bonds is 4. The summed E-state index contributed by atoms with van der Waals surface area (Å²) in [5.74, 6) is 0.00989. The third-order valence-electron chi connectivity index (χ3n) is 4.48. The highest BCUT2D eigenvalue weighted by molar-refractivity contribution is 5.76. The molecule has 0 aromatic heterocycles. The van der Waals surface area contributed by atoms with Gasteiger partial charge in [-0.25, -0.2) is 4.79 Å². The highest BCUT2D eigenvalue weighted by atomic mass is 16.4. The molecule has 16 heavy (non-hydrogen) atoms. The summed E-state index contributed by atoms with van der Waals surface area (Å²) in [6.45, 7) is 4.65. The quantitative estimate of drug-likeness (QED) is 0.751. The number of quaternary nitrogens is 1. The molecule has 0 saturated heterocycles. The normalized spacial score (nSPS) is 19.8. The first-order valence-corrected chi connectivity index (χ1v) is 6.34. The number of aliphatic carboxylic acids is 1. The summed E-state index contributed by atoms with van der Waals surface area (Å²) in [6, 6.07) is 0. The molecule has 0 unspecified atom stereocenters. The van der Waals surface area contributed by atoms with Gasteiger partial charge in [-0.3, -0.25) is 0 Å². The molecule has 1 rings (SSSR count). The number of carboxylic acid groups (broad SMARTS) is 1. The first kappa shape index (κ1) is 13.5. The molecule has 3 nitrogen and oxygen atoms in total. The second kappa shape index (κ2) is 4.74. The monoisotopic (exact) mass is 228 g/mol. The van der Waals surface area contributed by atoms with Crippen molar-refractivity contribution in [2.24, 2.45) is 5.92 Å². The lowest BCUT2D eigenvalue weighted by molar-refractivity contribution is -0.931. The topological polar surface area (TPSA) is 37.3 Å². The van der Waals surface area contributed by atoms with E-state index in [2.05, 4.69) is 0 Å². The van der Waals surface area contributed by atoms with E-state index in [0.29, 0.717) is 10.4 Å². The van der Waals surface area contributed by atoms with Crippen molar-refractivity contribution in [2.75, 3.05) is 20.6 Å². The van der Waals surface area contributed by atoms with Crippen LogP contribution in [0.5, 0.6) is 0 Å². The van der Waals surface area contributed by atoms with Crippen molar-refractivity contribution in [3.63, 3.8) is 0 Å². The van der Waals surface area contributed by atoms with Gasteiger partial charge in [-0.2, -0.15) is 0 Å². The van der Waals surface area contributed by atoms with Crippen molar-refractivity contribution in [1.29, 1.82) is 0 Å². The van der Waals surface area contributed by atoms with Crippen LogP contribution in [0.25, 0.3) is 0 Å². The van der Waals surface area contributed by atoms with Crippen molar-refractivity contribution >= 4 is 5.97 Å². The molecule has 0 aromatic rings. The minimum absolute atomic E-state index is 0.576. The van der Waals surface area contributed by atoms with Gasteiger partial charge in [0.1, 0.15) is 0 Å². The Bertz CT molecular complexity index is 253. The van der Waals surface area contributed by atoms with Gasteiger partial charge in [0, 0.05) is 19.8 Å². The molecule has 94 valence electrons. The summed E-state index contributed by atoms with van der Waals surface area (Å²) in [4.78, 5) is 11.3. The van der Waals surface area contributed by atoms with E-state index in [1.807, 2.05) is 27.9 Å². The van der Waals surface area contributed by atoms with Gasteiger partial charge in [-0.05, 0) is 12.8 Å². The van der Waals surface area contributed by atoms with Gasteiger partial charge in [0.15, 0.2) is 5.54 Å². The predicted octanol–water partition coefficient (Wildman–Crippen LogP) is 2.51.